The summed E-state index contributed by atoms with van der Waals surface area (Å²) in [4.78, 5) is 37.7. The van der Waals surface area contributed by atoms with Crippen molar-refractivity contribution in [1.82, 2.24) is 5.06 Å². The van der Waals surface area contributed by atoms with Crippen molar-refractivity contribution in [2.75, 3.05) is 19.8 Å². The van der Waals surface area contributed by atoms with Gasteiger partial charge in [0.1, 0.15) is 6.61 Å². The number of hydrogen-bond acceptors (Lipinski definition) is 6. The van der Waals surface area contributed by atoms with Crippen LogP contribution >= 0.6 is 0 Å². The second kappa shape index (κ2) is 6.19. The first-order chi connectivity index (χ1) is 7.65. The van der Waals surface area contributed by atoms with Gasteiger partial charge in [-0.15, -0.1) is 5.06 Å². The van der Waals surface area contributed by atoms with Crippen LogP contribution in [0.25, 0.3) is 0 Å². The van der Waals surface area contributed by atoms with Gasteiger partial charge < -0.3 is 14.7 Å². The van der Waals surface area contributed by atoms with Gasteiger partial charge in [-0.2, -0.15) is 0 Å². The van der Waals surface area contributed by atoms with Crippen LogP contribution in [0.15, 0.2) is 0 Å². The van der Waals surface area contributed by atoms with Gasteiger partial charge in [0.2, 0.25) is 0 Å². The zero-order valence-corrected chi connectivity index (χ0v) is 8.68. The van der Waals surface area contributed by atoms with E-state index in [0.717, 1.165) is 0 Å². The summed E-state index contributed by atoms with van der Waals surface area (Å²) in [5.41, 5.74) is 0. The summed E-state index contributed by atoms with van der Waals surface area (Å²) in [5.74, 6) is -1.84. The summed E-state index contributed by atoms with van der Waals surface area (Å²) in [5, 5.41) is 8.91. The SMILES string of the molecule is O=C(COCCCO)ON1C(=O)CCC1=O. The van der Waals surface area contributed by atoms with Gasteiger partial charge in [0, 0.05) is 26.1 Å². The third kappa shape index (κ3) is 3.59. The molecule has 0 aliphatic carbocycles. The topological polar surface area (TPSA) is 93.1 Å². The van der Waals surface area contributed by atoms with Gasteiger partial charge in [-0.3, -0.25) is 9.59 Å². The van der Waals surface area contributed by atoms with Crippen molar-refractivity contribution in [2.24, 2.45) is 0 Å². The van der Waals surface area contributed by atoms with Crippen LogP contribution in [0, 0.1) is 0 Å². The van der Waals surface area contributed by atoms with E-state index in [9.17, 15) is 14.4 Å². The first-order valence-corrected chi connectivity index (χ1v) is 4.90. The number of carbonyl (C=O) groups excluding carboxylic acids is 3. The van der Waals surface area contributed by atoms with Gasteiger partial charge in [-0.1, -0.05) is 0 Å². The van der Waals surface area contributed by atoms with E-state index < -0.39 is 17.8 Å². The standard InChI is InChI=1S/C9H13NO6/c11-4-1-5-15-6-9(14)16-10-7(12)2-3-8(10)13/h11H,1-6H2. The monoisotopic (exact) mass is 231 g/mol. The second-order valence-corrected chi connectivity index (χ2v) is 3.17. The summed E-state index contributed by atoms with van der Waals surface area (Å²) < 4.78 is 4.83. The average Bonchev–Trinajstić information content (AvgIpc) is 2.56. The van der Waals surface area contributed by atoms with Crippen LogP contribution in [0.3, 0.4) is 0 Å². The van der Waals surface area contributed by atoms with Crippen LogP contribution in [-0.2, 0) is 24.0 Å². The fourth-order valence-corrected chi connectivity index (χ4v) is 1.11. The van der Waals surface area contributed by atoms with E-state index in [1.54, 1.807) is 0 Å². The van der Waals surface area contributed by atoms with Crippen LogP contribution in [0.2, 0.25) is 0 Å². The second-order valence-electron chi connectivity index (χ2n) is 3.17. The number of ether oxygens (including phenoxy) is 1. The Labute approximate surface area is 91.9 Å². The van der Waals surface area contributed by atoms with Crippen molar-refractivity contribution in [3.8, 4) is 0 Å². The van der Waals surface area contributed by atoms with E-state index in [1.165, 1.54) is 0 Å². The minimum atomic E-state index is -0.804. The summed E-state index contributed by atoms with van der Waals surface area (Å²) in [6, 6.07) is 0. The van der Waals surface area contributed by atoms with Crippen LogP contribution in [0.1, 0.15) is 19.3 Å². The average molecular weight is 231 g/mol. The maximum absolute atomic E-state index is 11.1. The molecule has 0 bridgehead atoms. The third-order valence-corrected chi connectivity index (χ3v) is 1.87. The number of carbonyl (C=O) groups is 3. The lowest BCUT2D eigenvalue weighted by molar-refractivity contribution is -0.200. The molecule has 0 unspecified atom stereocenters. The first kappa shape index (κ1) is 12.6. The Morgan fingerprint density at radius 1 is 1.31 bits per heavy atom. The van der Waals surface area contributed by atoms with Crippen molar-refractivity contribution in [3.63, 3.8) is 0 Å². The summed E-state index contributed by atoms with van der Waals surface area (Å²) in [6.07, 6.45) is 0.545. The molecule has 1 fully saturated rings. The molecule has 16 heavy (non-hydrogen) atoms. The molecule has 0 aromatic heterocycles. The zero-order chi connectivity index (χ0) is 12.0. The van der Waals surface area contributed by atoms with Crippen LogP contribution in [0.4, 0.5) is 0 Å². The van der Waals surface area contributed by atoms with E-state index >= 15 is 0 Å². The van der Waals surface area contributed by atoms with Crippen molar-refractivity contribution >= 4 is 17.8 Å². The Balaban J connectivity index is 2.23. The molecule has 7 nitrogen and oxygen atoms in total. The van der Waals surface area contributed by atoms with Gasteiger partial charge in [0.25, 0.3) is 11.8 Å². The van der Waals surface area contributed by atoms with Crippen molar-refractivity contribution in [3.05, 3.63) is 0 Å². The highest BCUT2D eigenvalue weighted by molar-refractivity contribution is 6.01. The lowest BCUT2D eigenvalue weighted by atomic mass is 10.4. The summed E-state index contributed by atoms with van der Waals surface area (Å²) in [6.45, 7) is -0.164. The molecule has 1 heterocycles. The number of amides is 2. The van der Waals surface area contributed by atoms with Crippen LogP contribution in [-0.4, -0.2) is 47.8 Å². The third-order valence-electron chi connectivity index (χ3n) is 1.87. The smallest absolute Gasteiger partial charge is 0.358 e. The molecule has 1 aliphatic rings. The first-order valence-electron chi connectivity index (χ1n) is 4.90. The van der Waals surface area contributed by atoms with Crippen molar-refractivity contribution in [1.29, 1.82) is 0 Å². The Morgan fingerprint density at radius 2 is 1.94 bits per heavy atom. The van der Waals surface area contributed by atoms with Gasteiger partial charge >= 0.3 is 5.97 Å². The highest BCUT2D eigenvalue weighted by Crippen LogP contribution is 2.11. The van der Waals surface area contributed by atoms with Gasteiger partial charge in [-0.05, 0) is 6.42 Å². The highest BCUT2D eigenvalue weighted by atomic mass is 16.7. The molecule has 0 atom stereocenters. The molecule has 2 amide bonds. The number of hydroxylamine groups is 2. The molecule has 0 radical (unpaired) electrons. The molecule has 0 aromatic carbocycles. The molecular weight excluding hydrogens is 218 g/mol. The summed E-state index contributed by atoms with van der Waals surface area (Å²) >= 11 is 0. The van der Waals surface area contributed by atoms with Crippen LogP contribution < -0.4 is 0 Å². The predicted octanol–water partition coefficient (Wildman–Crippen LogP) is -1.01. The van der Waals surface area contributed by atoms with Gasteiger partial charge in [0.15, 0.2) is 0 Å². The summed E-state index contributed by atoms with van der Waals surface area (Å²) in [7, 11) is 0. The fraction of sp³-hybridized carbons (Fsp3) is 0.667. The maximum atomic E-state index is 11.1. The number of hydrogen-bond donors (Lipinski definition) is 1. The number of nitrogens with zero attached hydrogens (tertiary/aromatic N) is 1. The van der Waals surface area contributed by atoms with Gasteiger partial charge in [-0.25, -0.2) is 4.79 Å². The number of aliphatic hydroxyl groups is 1. The minimum absolute atomic E-state index is 0.0296. The Bertz CT molecular complexity index is 274. The van der Waals surface area contributed by atoms with Crippen molar-refractivity contribution in [2.45, 2.75) is 19.3 Å². The zero-order valence-electron chi connectivity index (χ0n) is 8.68. The Kier molecular flexibility index (Phi) is 4.87. The molecule has 1 N–H and O–H groups in total. The molecule has 90 valence electrons. The molecule has 1 aliphatic heterocycles. The fourth-order valence-electron chi connectivity index (χ4n) is 1.11. The van der Waals surface area contributed by atoms with E-state index in [1.807, 2.05) is 0 Å². The van der Waals surface area contributed by atoms with Crippen molar-refractivity contribution < 1.29 is 29.1 Å². The molecule has 0 aromatic rings. The largest absolute Gasteiger partial charge is 0.396 e. The van der Waals surface area contributed by atoms with Crippen LogP contribution in [0.5, 0.6) is 0 Å². The molecule has 7 heteroatoms. The highest BCUT2D eigenvalue weighted by Gasteiger charge is 2.32. The van der Waals surface area contributed by atoms with E-state index in [4.69, 9.17) is 9.84 Å². The lowest BCUT2D eigenvalue weighted by Gasteiger charge is -2.12. The van der Waals surface area contributed by atoms with E-state index in [2.05, 4.69) is 4.84 Å². The molecular formula is C9H13NO6. The minimum Gasteiger partial charge on any atom is -0.396 e. The quantitative estimate of drug-likeness (QED) is 0.465. The molecule has 1 rings (SSSR count). The van der Waals surface area contributed by atoms with E-state index in [0.29, 0.717) is 11.5 Å². The van der Waals surface area contributed by atoms with Gasteiger partial charge in [0.05, 0.1) is 0 Å². The Hall–Kier alpha value is -1.47. The molecule has 1 saturated heterocycles. The Morgan fingerprint density at radius 3 is 2.50 bits per heavy atom. The predicted molar refractivity (Wildman–Crippen MR) is 49.7 cm³/mol. The van der Waals surface area contributed by atoms with E-state index in [-0.39, 0.29) is 32.7 Å². The maximum Gasteiger partial charge on any atom is 0.358 e. The number of imide groups is 1. The molecule has 0 saturated carbocycles. The number of rotatable bonds is 6. The number of aliphatic hydroxyl groups excluding tert-OH is 1. The lowest BCUT2D eigenvalue weighted by Crippen LogP contribution is -2.33. The molecule has 0 spiro atoms. The normalized spacial score (nSPS) is 15.7.